The van der Waals surface area contributed by atoms with E-state index in [0.29, 0.717) is 11.8 Å². The molecular weight excluding hydrogens is 210 g/mol. The fraction of sp³-hybridized carbons (Fsp3) is 0.600. The van der Waals surface area contributed by atoms with E-state index in [1.165, 1.54) is 30.4 Å². The summed E-state index contributed by atoms with van der Waals surface area (Å²) in [6.45, 7) is 5.60. The van der Waals surface area contributed by atoms with Crippen LogP contribution in [0.2, 0.25) is 0 Å². The van der Waals surface area contributed by atoms with Crippen molar-refractivity contribution < 1.29 is 5.11 Å². The Kier molecular flexibility index (Phi) is 4.06. The highest BCUT2D eigenvalue weighted by atomic mass is 16.3. The molecule has 2 heteroatoms. The van der Waals surface area contributed by atoms with E-state index in [-0.39, 0.29) is 0 Å². The van der Waals surface area contributed by atoms with Crippen molar-refractivity contribution in [2.24, 2.45) is 5.92 Å². The number of hydrogen-bond acceptors (Lipinski definition) is 2. The summed E-state index contributed by atoms with van der Waals surface area (Å²) in [5.74, 6) is 1.17. The van der Waals surface area contributed by atoms with Gasteiger partial charge >= 0.3 is 0 Å². The van der Waals surface area contributed by atoms with Crippen LogP contribution in [0.3, 0.4) is 0 Å². The molecule has 1 aliphatic heterocycles. The lowest BCUT2D eigenvalue weighted by Crippen LogP contribution is -2.29. The Bertz CT molecular complexity index is 373. The van der Waals surface area contributed by atoms with Crippen LogP contribution in [0.15, 0.2) is 18.2 Å². The molecule has 0 saturated carbocycles. The maximum Gasteiger partial charge on any atom is 0.115 e. The second-order valence-electron chi connectivity index (χ2n) is 5.46. The molecule has 2 N–H and O–H groups in total. The summed E-state index contributed by atoms with van der Waals surface area (Å²) < 4.78 is 0. The van der Waals surface area contributed by atoms with E-state index in [1.54, 1.807) is 6.07 Å². The monoisotopic (exact) mass is 233 g/mol. The molecule has 0 aromatic heterocycles. The predicted molar refractivity (Wildman–Crippen MR) is 71.2 cm³/mol. The summed E-state index contributed by atoms with van der Waals surface area (Å²) in [6, 6.07) is 6.24. The first kappa shape index (κ1) is 12.4. The number of aromatic hydroxyl groups is 1. The summed E-state index contributed by atoms with van der Waals surface area (Å²) in [4.78, 5) is 0. The highest BCUT2D eigenvalue weighted by Crippen LogP contribution is 2.30. The molecule has 1 aromatic carbocycles. The van der Waals surface area contributed by atoms with Gasteiger partial charge in [-0.05, 0) is 48.6 Å². The third kappa shape index (κ3) is 3.22. The zero-order valence-electron chi connectivity index (χ0n) is 10.9. The van der Waals surface area contributed by atoms with Crippen LogP contribution >= 0.6 is 0 Å². The minimum atomic E-state index is 0.390. The van der Waals surface area contributed by atoms with Crippen LogP contribution < -0.4 is 5.32 Å². The quantitative estimate of drug-likeness (QED) is 0.835. The number of benzene rings is 1. The first-order valence-corrected chi connectivity index (χ1v) is 6.72. The minimum Gasteiger partial charge on any atom is -0.508 e. The van der Waals surface area contributed by atoms with Gasteiger partial charge in [-0.25, -0.2) is 0 Å². The molecule has 2 nitrogen and oxygen atoms in total. The Labute approximate surface area is 104 Å². The summed E-state index contributed by atoms with van der Waals surface area (Å²) in [7, 11) is 0. The van der Waals surface area contributed by atoms with Gasteiger partial charge < -0.3 is 10.4 Å². The SMILES string of the molecule is CC(C)CCCC1NCCc2ccc(O)cc21. The summed E-state index contributed by atoms with van der Waals surface area (Å²) in [5.41, 5.74) is 2.70. The van der Waals surface area contributed by atoms with Crippen molar-refractivity contribution in [2.45, 2.75) is 45.6 Å². The second kappa shape index (κ2) is 5.54. The minimum absolute atomic E-state index is 0.390. The number of phenols is 1. The molecule has 1 heterocycles. The van der Waals surface area contributed by atoms with E-state index in [1.807, 2.05) is 6.07 Å². The van der Waals surface area contributed by atoms with Crippen LogP contribution in [0.1, 0.15) is 50.3 Å². The topological polar surface area (TPSA) is 32.3 Å². The number of hydrogen-bond donors (Lipinski definition) is 2. The van der Waals surface area contributed by atoms with Crippen LogP contribution in [-0.4, -0.2) is 11.7 Å². The zero-order valence-corrected chi connectivity index (χ0v) is 10.9. The largest absolute Gasteiger partial charge is 0.508 e. The molecule has 2 rings (SSSR count). The van der Waals surface area contributed by atoms with E-state index in [9.17, 15) is 5.11 Å². The Balaban J connectivity index is 2.03. The maximum atomic E-state index is 9.59. The van der Waals surface area contributed by atoms with Crippen molar-refractivity contribution in [3.63, 3.8) is 0 Å². The highest BCUT2D eigenvalue weighted by Gasteiger charge is 2.19. The normalized spacial score (nSPS) is 19.4. The molecule has 0 aliphatic carbocycles. The van der Waals surface area contributed by atoms with E-state index in [2.05, 4.69) is 25.2 Å². The van der Waals surface area contributed by atoms with Gasteiger partial charge in [-0.2, -0.15) is 0 Å². The smallest absolute Gasteiger partial charge is 0.115 e. The molecule has 0 bridgehead atoms. The molecule has 0 fully saturated rings. The van der Waals surface area contributed by atoms with Gasteiger partial charge in [0.05, 0.1) is 0 Å². The second-order valence-corrected chi connectivity index (χ2v) is 5.46. The third-order valence-electron chi connectivity index (χ3n) is 3.56. The molecule has 0 radical (unpaired) electrons. The average molecular weight is 233 g/mol. The van der Waals surface area contributed by atoms with Crippen LogP contribution in [0.5, 0.6) is 5.75 Å². The van der Waals surface area contributed by atoms with Gasteiger partial charge in [-0.1, -0.05) is 32.8 Å². The fourth-order valence-corrected chi connectivity index (χ4v) is 2.61. The number of fused-ring (bicyclic) bond motifs is 1. The average Bonchev–Trinajstić information content (AvgIpc) is 2.29. The Hall–Kier alpha value is -1.02. The lowest BCUT2D eigenvalue weighted by Gasteiger charge is -2.27. The summed E-state index contributed by atoms with van der Waals surface area (Å²) in [6.07, 6.45) is 4.79. The molecule has 17 heavy (non-hydrogen) atoms. The molecule has 0 amide bonds. The van der Waals surface area contributed by atoms with Crippen LogP contribution in [0, 0.1) is 5.92 Å². The first-order chi connectivity index (χ1) is 8.16. The van der Waals surface area contributed by atoms with Crippen molar-refractivity contribution in [3.8, 4) is 5.75 Å². The van der Waals surface area contributed by atoms with Crippen molar-refractivity contribution >= 4 is 0 Å². The predicted octanol–water partition coefficient (Wildman–Crippen LogP) is 3.41. The van der Waals surface area contributed by atoms with E-state index in [4.69, 9.17) is 0 Å². The first-order valence-electron chi connectivity index (χ1n) is 6.72. The van der Waals surface area contributed by atoms with Gasteiger partial charge in [0.2, 0.25) is 0 Å². The fourth-order valence-electron chi connectivity index (χ4n) is 2.61. The van der Waals surface area contributed by atoms with Crippen molar-refractivity contribution in [1.29, 1.82) is 0 Å². The lowest BCUT2D eigenvalue weighted by atomic mass is 9.90. The van der Waals surface area contributed by atoms with Crippen LogP contribution in [0.25, 0.3) is 0 Å². The molecule has 1 atom stereocenters. The molecule has 1 unspecified atom stereocenters. The molecular formula is C15H23NO. The van der Waals surface area contributed by atoms with Gasteiger partial charge in [0, 0.05) is 6.04 Å². The number of rotatable bonds is 4. The van der Waals surface area contributed by atoms with Crippen molar-refractivity contribution in [2.75, 3.05) is 6.54 Å². The number of phenolic OH excluding ortho intramolecular Hbond substituents is 1. The van der Waals surface area contributed by atoms with E-state index < -0.39 is 0 Å². The van der Waals surface area contributed by atoms with Gasteiger partial charge in [0.1, 0.15) is 5.75 Å². The zero-order chi connectivity index (χ0) is 12.3. The van der Waals surface area contributed by atoms with Gasteiger partial charge in [-0.3, -0.25) is 0 Å². The summed E-state index contributed by atoms with van der Waals surface area (Å²) in [5, 5.41) is 13.2. The van der Waals surface area contributed by atoms with Crippen molar-refractivity contribution in [1.82, 2.24) is 5.32 Å². The van der Waals surface area contributed by atoms with E-state index in [0.717, 1.165) is 18.9 Å². The Morgan fingerprint density at radius 1 is 1.41 bits per heavy atom. The molecule has 94 valence electrons. The maximum absolute atomic E-state index is 9.59. The molecule has 1 aromatic rings. The molecule has 0 spiro atoms. The van der Waals surface area contributed by atoms with Crippen LogP contribution in [-0.2, 0) is 6.42 Å². The van der Waals surface area contributed by atoms with Crippen LogP contribution in [0.4, 0.5) is 0 Å². The van der Waals surface area contributed by atoms with Gasteiger partial charge in [-0.15, -0.1) is 0 Å². The van der Waals surface area contributed by atoms with E-state index >= 15 is 0 Å². The molecule has 1 aliphatic rings. The Morgan fingerprint density at radius 2 is 2.24 bits per heavy atom. The summed E-state index contributed by atoms with van der Waals surface area (Å²) >= 11 is 0. The van der Waals surface area contributed by atoms with Gasteiger partial charge in [0.25, 0.3) is 0 Å². The van der Waals surface area contributed by atoms with Gasteiger partial charge in [0.15, 0.2) is 0 Å². The lowest BCUT2D eigenvalue weighted by molar-refractivity contribution is 0.427. The Morgan fingerprint density at radius 3 is 3.00 bits per heavy atom. The van der Waals surface area contributed by atoms with Crippen molar-refractivity contribution in [3.05, 3.63) is 29.3 Å². The third-order valence-corrected chi connectivity index (χ3v) is 3.56. The standard InChI is InChI=1S/C15H23NO/c1-11(2)4-3-5-15-14-10-13(17)7-6-12(14)8-9-16-15/h6-7,10-11,15-17H,3-5,8-9H2,1-2H3. The highest BCUT2D eigenvalue weighted by molar-refractivity contribution is 5.38. The number of nitrogens with one attached hydrogen (secondary N) is 1. The molecule has 0 saturated heterocycles.